The highest BCUT2D eigenvalue weighted by molar-refractivity contribution is 6.37. The second kappa shape index (κ2) is 12.8. The van der Waals surface area contributed by atoms with Crippen LogP contribution in [0.15, 0.2) is 218 Å². The van der Waals surface area contributed by atoms with Crippen LogP contribution in [0.25, 0.3) is 103 Å². The molecule has 0 fully saturated rings. The van der Waals surface area contributed by atoms with Crippen LogP contribution in [0.4, 0.5) is 17.1 Å². The number of rotatable bonds is 5. The van der Waals surface area contributed by atoms with Gasteiger partial charge in [-0.3, -0.25) is 0 Å². The molecule has 0 saturated carbocycles. The molecule has 13 rings (SSSR count). The van der Waals surface area contributed by atoms with Gasteiger partial charge in [0, 0.05) is 39.1 Å². The van der Waals surface area contributed by atoms with Gasteiger partial charge in [0.15, 0.2) is 0 Å². The van der Waals surface area contributed by atoms with Crippen LogP contribution in [0.5, 0.6) is 0 Å². The molecule has 0 unspecified atom stereocenters. The average Bonchev–Trinajstić information content (AvgIpc) is 3.66. The second-order valence-electron chi connectivity index (χ2n) is 16.0. The molecule has 60 heavy (non-hydrogen) atoms. The summed E-state index contributed by atoms with van der Waals surface area (Å²) in [6.07, 6.45) is 0. The Bertz CT molecular complexity index is 3800. The van der Waals surface area contributed by atoms with Crippen LogP contribution in [-0.2, 0) is 0 Å². The van der Waals surface area contributed by atoms with Crippen LogP contribution < -0.4 is 4.90 Å². The van der Waals surface area contributed by atoms with Crippen LogP contribution >= 0.6 is 0 Å². The van der Waals surface area contributed by atoms with Gasteiger partial charge < -0.3 is 9.47 Å². The number of aromatic nitrogens is 1. The van der Waals surface area contributed by atoms with Gasteiger partial charge in [-0.1, -0.05) is 164 Å². The summed E-state index contributed by atoms with van der Waals surface area (Å²) < 4.78 is 2.42. The maximum Gasteiger partial charge on any atom is 0.0619 e. The minimum absolute atomic E-state index is 1.10. The second-order valence-corrected chi connectivity index (χ2v) is 16.0. The molecular formula is C58H36N2. The summed E-state index contributed by atoms with van der Waals surface area (Å²) in [5.41, 5.74) is 9.30. The van der Waals surface area contributed by atoms with E-state index in [1.54, 1.807) is 0 Å². The molecule has 0 aliphatic carbocycles. The summed E-state index contributed by atoms with van der Waals surface area (Å²) in [6, 6.07) is 80.6. The van der Waals surface area contributed by atoms with E-state index in [0.717, 1.165) is 22.7 Å². The summed E-state index contributed by atoms with van der Waals surface area (Å²) in [5.74, 6) is 0. The fraction of sp³-hybridized carbons (Fsp3) is 0. The van der Waals surface area contributed by atoms with Crippen molar-refractivity contribution in [2.45, 2.75) is 0 Å². The van der Waals surface area contributed by atoms with Crippen molar-refractivity contribution in [2.24, 2.45) is 0 Å². The van der Waals surface area contributed by atoms with Gasteiger partial charge in [0.05, 0.1) is 11.0 Å². The molecular weight excluding hydrogens is 725 g/mol. The summed E-state index contributed by atoms with van der Waals surface area (Å²) >= 11 is 0. The van der Waals surface area contributed by atoms with Crippen LogP contribution in [0.2, 0.25) is 0 Å². The summed E-state index contributed by atoms with van der Waals surface area (Å²) in [7, 11) is 0. The van der Waals surface area contributed by atoms with E-state index in [4.69, 9.17) is 0 Å². The number of para-hydroxylation sites is 4. The van der Waals surface area contributed by atoms with E-state index in [1.807, 2.05) is 0 Å². The zero-order valence-corrected chi connectivity index (χ0v) is 32.7. The molecule has 13 aromatic rings. The van der Waals surface area contributed by atoms with Crippen molar-refractivity contribution in [1.82, 2.24) is 4.57 Å². The molecule has 278 valence electrons. The lowest BCUT2D eigenvalue weighted by Crippen LogP contribution is -2.10. The van der Waals surface area contributed by atoms with E-state index in [9.17, 15) is 0 Å². The fourth-order valence-electron chi connectivity index (χ4n) is 10.3. The molecule has 1 heterocycles. The maximum absolute atomic E-state index is 2.44. The molecule has 0 saturated heterocycles. The highest BCUT2D eigenvalue weighted by atomic mass is 15.1. The van der Waals surface area contributed by atoms with Gasteiger partial charge in [0.25, 0.3) is 0 Å². The normalized spacial score (nSPS) is 12.0. The molecule has 0 amide bonds. The van der Waals surface area contributed by atoms with Gasteiger partial charge in [-0.15, -0.1) is 0 Å². The predicted octanol–water partition coefficient (Wildman–Crippen LogP) is 16.3. The van der Waals surface area contributed by atoms with Gasteiger partial charge >= 0.3 is 0 Å². The third kappa shape index (κ3) is 4.76. The van der Waals surface area contributed by atoms with Crippen molar-refractivity contribution in [3.8, 4) is 16.8 Å². The van der Waals surface area contributed by atoms with Crippen LogP contribution in [0.1, 0.15) is 0 Å². The van der Waals surface area contributed by atoms with E-state index >= 15 is 0 Å². The molecule has 2 nitrogen and oxygen atoms in total. The Labute approximate surface area is 346 Å². The van der Waals surface area contributed by atoms with Gasteiger partial charge in [-0.2, -0.15) is 0 Å². The number of hydrogen-bond acceptors (Lipinski definition) is 1. The predicted molar refractivity (Wildman–Crippen MR) is 257 cm³/mol. The summed E-state index contributed by atoms with van der Waals surface area (Å²) in [4.78, 5) is 2.42. The van der Waals surface area contributed by atoms with E-state index < -0.39 is 0 Å². The molecule has 12 aromatic carbocycles. The minimum Gasteiger partial charge on any atom is -0.310 e. The van der Waals surface area contributed by atoms with E-state index in [0.29, 0.717) is 0 Å². The monoisotopic (exact) mass is 760 g/mol. The van der Waals surface area contributed by atoms with Gasteiger partial charge in [0.1, 0.15) is 0 Å². The molecule has 0 radical (unpaired) electrons. The lowest BCUT2D eigenvalue weighted by Gasteiger charge is -2.27. The number of hydrogen-bond donors (Lipinski definition) is 0. The highest BCUT2D eigenvalue weighted by Gasteiger charge is 2.21. The number of benzene rings is 11. The molecule has 1 aromatic heterocycles. The molecule has 0 spiro atoms. The third-order valence-electron chi connectivity index (χ3n) is 12.8. The molecule has 2 heteroatoms. The molecule has 0 N–H and O–H groups in total. The Kier molecular flexibility index (Phi) is 7.05. The summed E-state index contributed by atoms with van der Waals surface area (Å²) in [6.45, 7) is 0. The van der Waals surface area contributed by atoms with Crippen molar-refractivity contribution < 1.29 is 0 Å². The number of anilines is 3. The van der Waals surface area contributed by atoms with Crippen molar-refractivity contribution in [1.29, 1.82) is 0 Å². The van der Waals surface area contributed by atoms with Gasteiger partial charge in [0.2, 0.25) is 0 Å². The molecule has 0 atom stereocenters. The van der Waals surface area contributed by atoms with Crippen molar-refractivity contribution in [2.75, 3.05) is 4.90 Å². The smallest absolute Gasteiger partial charge is 0.0619 e. The van der Waals surface area contributed by atoms with Crippen LogP contribution in [-0.4, -0.2) is 4.57 Å². The van der Waals surface area contributed by atoms with Crippen molar-refractivity contribution in [3.05, 3.63) is 218 Å². The third-order valence-corrected chi connectivity index (χ3v) is 12.8. The largest absolute Gasteiger partial charge is 0.310 e. The van der Waals surface area contributed by atoms with Crippen LogP contribution in [0.3, 0.4) is 0 Å². The summed E-state index contributed by atoms with van der Waals surface area (Å²) in [5, 5.41) is 17.9. The Morgan fingerprint density at radius 1 is 0.300 bits per heavy atom. The van der Waals surface area contributed by atoms with E-state index in [-0.39, 0.29) is 0 Å². The quantitative estimate of drug-likeness (QED) is 0.159. The van der Waals surface area contributed by atoms with Crippen LogP contribution in [0, 0.1) is 0 Å². The molecule has 0 bridgehead atoms. The first-order chi connectivity index (χ1) is 29.8. The van der Waals surface area contributed by atoms with Gasteiger partial charge in [-0.25, -0.2) is 0 Å². The molecule has 0 aliphatic rings. The number of fused-ring (bicyclic) bond motifs is 5. The Morgan fingerprint density at radius 2 is 0.800 bits per heavy atom. The number of nitrogens with zero attached hydrogens (tertiary/aromatic N) is 2. The van der Waals surface area contributed by atoms with Crippen molar-refractivity contribution >= 4 is 104 Å². The zero-order chi connectivity index (χ0) is 39.3. The minimum atomic E-state index is 1.10. The first kappa shape index (κ1) is 33.1. The van der Waals surface area contributed by atoms with E-state index in [2.05, 4.69) is 228 Å². The standard InChI is InChI=1S/C58H36N2/c1-3-16-42(17-4-1)59(44-33-31-37(32-34-44)46-21-12-25-51-47-20-7-8-26-53(47)60(58(46)51)43-18-5-2-6-19-43)45-35-41-30-29-40-14-10-23-49-48-22-9-13-38-27-28-39-15-11-24-50(56(39)54(38)48)52(36-45)57(41)55(40)49/h1-36H. The zero-order valence-electron chi connectivity index (χ0n) is 32.7. The first-order valence-corrected chi connectivity index (χ1v) is 20.8. The Balaban J connectivity index is 1.07. The Morgan fingerprint density at radius 3 is 1.47 bits per heavy atom. The van der Waals surface area contributed by atoms with Gasteiger partial charge in [-0.05, 0) is 125 Å². The maximum atomic E-state index is 2.44. The topological polar surface area (TPSA) is 8.17 Å². The SMILES string of the molecule is c1ccc(N(c2ccc(-c3cccc4c5ccccc5n(-c5ccccc5)c34)cc2)c2cc3ccc4cccc5c6cccc7ccc8cccc(c(c2)c3c45)c8c76)cc1. The van der Waals surface area contributed by atoms with E-state index in [1.165, 1.54) is 97.6 Å². The molecule has 0 aliphatic heterocycles. The highest BCUT2D eigenvalue weighted by Crippen LogP contribution is 2.47. The fourth-order valence-corrected chi connectivity index (χ4v) is 10.3. The Hall–Kier alpha value is -7.94. The van der Waals surface area contributed by atoms with Crippen molar-refractivity contribution in [3.63, 3.8) is 0 Å². The lowest BCUT2D eigenvalue weighted by molar-refractivity contribution is 1.18. The lowest BCUT2D eigenvalue weighted by atomic mass is 9.87. The average molecular weight is 761 g/mol. The first-order valence-electron chi connectivity index (χ1n) is 20.8.